The third-order valence-corrected chi connectivity index (χ3v) is 8.01. The zero-order valence-electron chi connectivity index (χ0n) is 19.7. The van der Waals surface area contributed by atoms with Crippen molar-refractivity contribution in [1.82, 2.24) is 24.6 Å². The van der Waals surface area contributed by atoms with Gasteiger partial charge in [-0.2, -0.15) is 10.4 Å². The van der Waals surface area contributed by atoms with Crippen molar-refractivity contribution >= 4 is 39.9 Å². The van der Waals surface area contributed by atoms with Gasteiger partial charge >= 0.3 is 0 Å². The van der Waals surface area contributed by atoms with Crippen LogP contribution >= 0.6 is 23.2 Å². The van der Waals surface area contributed by atoms with Crippen molar-refractivity contribution < 1.29 is 0 Å². The molecule has 0 bridgehead atoms. The SMILES string of the molecule is CC1CC(c2cnc3c(C#N)nn(C(C)c4ccc(Cl)cc4Cl)c3n2)=CCC1N1CCCC1C. The van der Waals surface area contributed by atoms with Crippen molar-refractivity contribution in [3.05, 3.63) is 57.5 Å². The van der Waals surface area contributed by atoms with Crippen LogP contribution in [-0.2, 0) is 0 Å². The third kappa shape index (κ3) is 4.11. The lowest BCUT2D eigenvalue weighted by atomic mass is 9.83. The summed E-state index contributed by atoms with van der Waals surface area (Å²) in [5.74, 6) is 0.546. The van der Waals surface area contributed by atoms with Gasteiger partial charge in [-0.15, -0.1) is 0 Å². The second-order valence-corrected chi connectivity index (χ2v) is 10.5. The van der Waals surface area contributed by atoms with Crippen molar-refractivity contribution in [1.29, 1.82) is 5.26 Å². The zero-order chi connectivity index (χ0) is 24.0. The summed E-state index contributed by atoms with van der Waals surface area (Å²) >= 11 is 12.6. The van der Waals surface area contributed by atoms with Crippen LogP contribution < -0.4 is 0 Å². The molecule has 1 fully saturated rings. The molecular formula is C26H28Cl2N6. The monoisotopic (exact) mass is 494 g/mol. The lowest BCUT2D eigenvalue weighted by Gasteiger charge is -2.38. The molecular weight excluding hydrogens is 467 g/mol. The molecule has 0 saturated carbocycles. The first kappa shape index (κ1) is 23.3. The Balaban J connectivity index is 1.51. The number of allylic oxidation sites excluding steroid dienone is 1. The summed E-state index contributed by atoms with van der Waals surface area (Å²) in [6, 6.07) is 8.58. The van der Waals surface area contributed by atoms with Gasteiger partial charge in [-0.3, -0.25) is 4.90 Å². The van der Waals surface area contributed by atoms with Gasteiger partial charge in [0.15, 0.2) is 11.3 Å². The van der Waals surface area contributed by atoms with Crippen molar-refractivity contribution in [3.8, 4) is 6.07 Å². The molecule has 2 aromatic heterocycles. The lowest BCUT2D eigenvalue weighted by Crippen LogP contribution is -2.42. The minimum absolute atomic E-state index is 0.237. The highest BCUT2D eigenvalue weighted by Crippen LogP contribution is 2.36. The van der Waals surface area contributed by atoms with Crippen LogP contribution in [0.15, 0.2) is 30.5 Å². The number of aromatic nitrogens is 4. The predicted molar refractivity (Wildman–Crippen MR) is 136 cm³/mol. The van der Waals surface area contributed by atoms with Crippen molar-refractivity contribution in [2.75, 3.05) is 6.54 Å². The lowest BCUT2D eigenvalue weighted by molar-refractivity contribution is 0.140. The molecule has 0 N–H and O–H groups in total. The van der Waals surface area contributed by atoms with Crippen LogP contribution in [-0.4, -0.2) is 43.3 Å². The molecule has 8 heteroatoms. The maximum atomic E-state index is 9.65. The summed E-state index contributed by atoms with van der Waals surface area (Å²) in [6.07, 6.45) is 8.70. The van der Waals surface area contributed by atoms with Crippen molar-refractivity contribution in [2.45, 2.75) is 64.6 Å². The molecule has 1 aromatic carbocycles. The average Bonchev–Trinajstić information content (AvgIpc) is 3.41. The number of halogens is 2. The van der Waals surface area contributed by atoms with E-state index >= 15 is 0 Å². The van der Waals surface area contributed by atoms with E-state index in [-0.39, 0.29) is 11.7 Å². The van der Waals surface area contributed by atoms with E-state index in [1.54, 1.807) is 23.0 Å². The first-order valence-corrected chi connectivity index (χ1v) is 12.7. The van der Waals surface area contributed by atoms with E-state index < -0.39 is 0 Å². The van der Waals surface area contributed by atoms with Crippen LogP contribution in [0, 0.1) is 17.2 Å². The number of nitriles is 1. The Kier molecular flexibility index (Phi) is 6.37. The highest BCUT2D eigenvalue weighted by Gasteiger charge is 2.33. The normalized spacial score (nSPS) is 24.2. The summed E-state index contributed by atoms with van der Waals surface area (Å²) < 4.78 is 1.75. The van der Waals surface area contributed by atoms with Crippen LogP contribution in [0.25, 0.3) is 16.7 Å². The predicted octanol–water partition coefficient (Wildman–Crippen LogP) is 6.28. The standard InChI is InChI=1S/C26H28Cl2N6/c1-15-11-18(6-9-24(15)33-10-4-5-16(33)2)23-14-30-25-22(13-29)32-34(26(25)31-23)17(3)20-8-7-19(27)12-21(20)28/h6-8,12,14-17,24H,4-5,9-11H2,1-3H3. The van der Waals surface area contributed by atoms with Gasteiger partial charge in [0.2, 0.25) is 0 Å². The van der Waals surface area contributed by atoms with Gasteiger partial charge in [0.25, 0.3) is 0 Å². The van der Waals surface area contributed by atoms with E-state index in [0.717, 1.165) is 24.1 Å². The van der Waals surface area contributed by atoms with Crippen LogP contribution in [0.5, 0.6) is 0 Å². The van der Waals surface area contributed by atoms with Crippen LogP contribution in [0.1, 0.15) is 69.4 Å². The van der Waals surface area contributed by atoms with E-state index in [1.165, 1.54) is 25.0 Å². The summed E-state index contributed by atoms with van der Waals surface area (Å²) in [5.41, 5.74) is 4.30. The van der Waals surface area contributed by atoms with E-state index in [4.69, 9.17) is 28.2 Å². The minimum atomic E-state index is -0.237. The largest absolute Gasteiger partial charge is 0.297 e. The fraction of sp³-hybridized carbons (Fsp3) is 0.462. The second kappa shape index (κ2) is 9.30. The van der Waals surface area contributed by atoms with E-state index in [9.17, 15) is 5.26 Å². The Labute approximate surface area is 210 Å². The highest BCUT2D eigenvalue weighted by atomic mass is 35.5. The van der Waals surface area contributed by atoms with Gasteiger partial charge < -0.3 is 0 Å². The summed E-state index contributed by atoms with van der Waals surface area (Å²) in [5, 5.41) is 15.3. The van der Waals surface area contributed by atoms with Gasteiger partial charge in [0.1, 0.15) is 11.6 Å². The summed E-state index contributed by atoms with van der Waals surface area (Å²) in [6.45, 7) is 7.88. The summed E-state index contributed by atoms with van der Waals surface area (Å²) in [4.78, 5) is 12.3. The number of benzene rings is 1. The first-order chi connectivity index (χ1) is 16.4. The molecule has 5 rings (SSSR count). The molecule has 2 aliphatic rings. The van der Waals surface area contributed by atoms with Crippen LogP contribution in [0.3, 0.4) is 0 Å². The van der Waals surface area contributed by atoms with E-state index in [2.05, 4.69) is 41.0 Å². The molecule has 4 atom stereocenters. The molecule has 1 aliphatic heterocycles. The molecule has 0 spiro atoms. The Morgan fingerprint density at radius 3 is 2.74 bits per heavy atom. The molecule has 3 aromatic rings. The number of hydrogen-bond acceptors (Lipinski definition) is 5. The number of hydrogen-bond donors (Lipinski definition) is 0. The topological polar surface area (TPSA) is 70.6 Å². The zero-order valence-corrected chi connectivity index (χ0v) is 21.2. The van der Waals surface area contributed by atoms with Gasteiger partial charge in [0.05, 0.1) is 17.9 Å². The molecule has 0 radical (unpaired) electrons. The molecule has 6 nitrogen and oxygen atoms in total. The van der Waals surface area contributed by atoms with Gasteiger partial charge in [-0.1, -0.05) is 42.3 Å². The van der Waals surface area contributed by atoms with Crippen LogP contribution in [0.4, 0.5) is 0 Å². The number of likely N-dealkylation sites (tertiary alicyclic amines) is 1. The van der Waals surface area contributed by atoms with Crippen molar-refractivity contribution in [3.63, 3.8) is 0 Å². The fourth-order valence-corrected chi connectivity index (χ4v) is 6.13. The average molecular weight is 495 g/mol. The first-order valence-electron chi connectivity index (χ1n) is 11.9. The smallest absolute Gasteiger partial charge is 0.190 e. The molecule has 4 unspecified atom stereocenters. The second-order valence-electron chi connectivity index (χ2n) is 9.62. The number of rotatable bonds is 4. The van der Waals surface area contributed by atoms with Crippen LogP contribution in [0.2, 0.25) is 10.0 Å². The number of fused-ring (bicyclic) bond motifs is 1. The number of nitrogens with zero attached hydrogens (tertiary/aromatic N) is 6. The highest BCUT2D eigenvalue weighted by molar-refractivity contribution is 6.35. The fourth-order valence-electron chi connectivity index (χ4n) is 5.56. The van der Waals surface area contributed by atoms with Gasteiger partial charge in [-0.05, 0) is 75.3 Å². The molecule has 1 aliphatic carbocycles. The maximum absolute atomic E-state index is 9.65. The summed E-state index contributed by atoms with van der Waals surface area (Å²) in [7, 11) is 0. The molecule has 1 saturated heterocycles. The third-order valence-electron chi connectivity index (χ3n) is 7.45. The minimum Gasteiger partial charge on any atom is -0.297 e. The van der Waals surface area contributed by atoms with E-state index in [0.29, 0.717) is 39.2 Å². The maximum Gasteiger partial charge on any atom is 0.190 e. The Hall–Kier alpha value is -2.46. The Morgan fingerprint density at radius 1 is 1.24 bits per heavy atom. The van der Waals surface area contributed by atoms with Gasteiger partial charge in [0, 0.05) is 22.1 Å². The Morgan fingerprint density at radius 2 is 2.06 bits per heavy atom. The van der Waals surface area contributed by atoms with Gasteiger partial charge in [-0.25, -0.2) is 14.6 Å². The van der Waals surface area contributed by atoms with E-state index in [1.807, 2.05) is 13.0 Å². The molecule has 3 heterocycles. The Bertz CT molecular complexity index is 1310. The van der Waals surface area contributed by atoms with Crippen molar-refractivity contribution in [2.24, 2.45) is 5.92 Å². The molecule has 176 valence electrons. The molecule has 0 amide bonds. The molecule has 34 heavy (non-hydrogen) atoms. The quantitative estimate of drug-likeness (QED) is 0.426.